The van der Waals surface area contributed by atoms with Crippen LogP contribution in [0.15, 0.2) is 0 Å². The average Bonchev–Trinajstić information content (AvgIpc) is 2.44. The first-order chi connectivity index (χ1) is 9.08. The molecule has 1 heterocycles. The van der Waals surface area contributed by atoms with Crippen LogP contribution in [0.2, 0.25) is 0 Å². The summed E-state index contributed by atoms with van der Waals surface area (Å²) in [6, 6.07) is 0. The van der Waals surface area contributed by atoms with Crippen molar-refractivity contribution in [2.24, 2.45) is 0 Å². The number of carbonyl (C=O) groups is 1. The summed E-state index contributed by atoms with van der Waals surface area (Å²) in [7, 11) is 0. The number of amides is 1. The monoisotopic (exact) mass is 290 g/mol. The van der Waals surface area contributed by atoms with Crippen LogP contribution < -0.4 is 0 Å². The van der Waals surface area contributed by atoms with Gasteiger partial charge in [0.1, 0.15) is 0 Å². The van der Waals surface area contributed by atoms with Gasteiger partial charge >= 0.3 is 0 Å². The quantitative estimate of drug-likeness (QED) is 0.730. The van der Waals surface area contributed by atoms with E-state index in [2.05, 4.69) is 4.90 Å². The maximum atomic E-state index is 12.0. The van der Waals surface area contributed by atoms with Crippen LogP contribution in [-0.2, 0) is 9.53 Å². The Morgan fingerprint density at radius 2 is 2.00 bits per heavy atom. The van der Waals surface area contributed by atoms with Gasteiger partial charge < -0.3 is 14.7 Å². The predicted octanol–water partition coefficient (Wildman–Crippen LogP) is 0.280. The van der Waals surface area contributed by atoms with Crippen LogP contribution in [0.5, 0.6) is 0 Å². The first-order valence-electron chi connectivity index (χ1n) is 6.88. The number of ether oxygens (including phenoxy) is 1. The van der Waals surface area contributed by atoms with Crippen molar-refractivity contribution in [3.63, 3.8) is 0 Å². The van der Waals surface area contributed by atoms with Crippen molar-refractivity contribution in [1.29, 1.82) is 0 Å². The number of piperazine rings is 1. The van der Waals surface area contributed by atoms with Gasteiger partial charge in [0.2, 0.25) is 5.91 Å². The van der Waals surface area contributed by atoms with Gasteiger partial charge in [-0.15, -0.1) is 0 Å². The minimum Gasteiger partial charge on any atom is -0.389 e. The number of thioether (sulfide) groups is 1. The molecule has 1 aliphatic rings. The van der Waals surface area contributed by atoms with Crippen LogP contribution in [0.4, 0.5) is 0 Å². The molecule has 0 saturated carbocycles. The van der Waals surface area contributed by atoms with Crippen molar-refractivity contribution < 1.29 is 14.6 Å². The van der Waals surface area contributed by atoms with Crippen LogP contribution in [0.25, 0.3) is 0 Å². The zero-order chi connectivity index (χ0) is 14.3. The van der Waals surface area contributed by atoms with E-state index in [-0.39, 0.29) is 11.2 Å². The molecule has 0 aromatic rings. The molecule has 6 heteroatoms. The molecule has 1 rings (SSSR count). The number of rotatable bonds is 7. The SMILES string of the molecule is CCOC[C@@H](O)CN1CCN(C(=O)[C@@H](C)SC)CC1. The van der Waals surface area contributed by atoms with Gasteiger partial charge in [-0.25, -0.2) is 0 Å². The van der Waals surface area contributed by atoms with E-state index in [1.807, 2.05) is 25.0 Å². The van der Waals surface area contributed by atoms with E-state index in [1.54, 1.807) is 11.8 Å². The van der Waals surface area contributed by atoms with Gasteiger partial charge in [0, 0.05) is 39.3 Å². The molecule has 1 N–H and O–H groups in total. The highest BCUT2D eigenvalue weighted by Crippen LogP contribution is 2.12. The molecule has 1 amide bonds. The first-order valence-corrected chi connectivity index (χ1v) is 8.17. The van der Waals surface area contributed by atoms with Gasteiger partial charge in [0.15, 0.2) is 0 Å². The third-order valence-electron chi connectivity index (χ3n) is 3.37. The molecule has 112 valence electrons. The largest absolute Gasteiger partial charge is 0.389 e. The van der Waals surface area contributed by atoms with Gasteiger partial charge in [-0.05, 0) is 20.1 Å². The fourth-order valence-corrected chi connectivity index (χ4v) is 2.46. The normalized spacial score (nSPS) is 20.3. The molecule has 5 nitrogen and oxygen atoms in total. The summed E-state index contributed by atoms with van der Waals surface area (Å²) in [6.07, 6.45) is 1.52. The summed E-state index contributed by atoms with van der Waals surface area (Å²) in [5.41, 5.74) is 0. The Balaban J connectivity index is 2.27. The second-order valence-electron chi connectivity index (χ2n) is 4.82. The number of carbonyl (C=O) groups excluding carboxylic acids is 1. The number of hydrogen-bond acceptors (Lipinski definition) is 5. The Kier molecular flexibility index (Phi) is 7.75. The molecule has 19 heavy (non-hydrogen) atoms. The minimum absolute atomic E-state index is 0.0371. The standard InChI is InChI=1S/C13H26N2O3S/c1-4-18-10-12(16)9-14-5-7-15(8-6-14)13(17)11(2)19-3/h11-12,16H,4-10H2,1-3H3/t11-,12+/m1/s1. The van der Waals surface area contributed by atoms with Crippen molar-refractivity contribution in [2.75, 3.05) is 52.2 Å². The summed E-state index contributed by atoms with van der Waals surface area (Å²) in [5, 5.41) is 9.82. The lowest BCUT2D eigenvalue weighted by Gasteiger charge is -2.36. The van der Waals surface area contributed by atoms with E-state index in [1.165, 1.54) is 0 Å². The third-order valence-corrected chi connectivity index (χ3v) is 4.28. The maximum absolute atomic E-state index is 12.0. The molecule has 0 unspecified atom stereocenters. The van der Waals surface area contributed by atoms with E-state index in [0.29, 0.717) is 19.8 Å². The lowest BCUT2D eigenvalue weighted by atomic mass is 10.2. The summed E-state index contributed by atoms with van der Waals surface area (Å²) >= 11 is 1.59. The van der Waals surface area contributed by atoms with Gasteiger partial charge in [0.05, 0.1) is 18.0 Å². The zero-order valence-corrected chi connectivity index (χ0v) is 13.0. The molecule has 0 aliphatic carbocycles. The Morgan fingerprint density at radius 3 is 2.53 bits per heavy atom. The van der Waals surface area contributed by atoms with E-state index in [9.17, 15) is 9.90 Å². The molecule has 0 spiro atoms. The van der Waals surface area contributed by atoms with E-state index in [0.717, 1.165) is 26.2 Å². The fourth-order valence-electron chi connectivity index (χ4n) is 2.11. The predicted molar refractivity (Wildman–Crippen MR) is 78.5 cm³/mol. The maximum Gasteiger partial charge on any atom is 0.235 e. The zero-order valence-electron chi connectivity index (χ0n) is 12.2. The van der Waals surface area contributed by atoms with Gasteiger partial charge in [-0.3, -0.25) is 9.69 Å². The Bertz CT molecular complexity index is 271. The summed E-state index contributed by atoms with van der Waals surface area (Å²) in [4.78, 5) is 16.1. The summed E-state index contributed by atoms with van der Waals surface area (Å²) in [6.45, 7) is 8.68. The lowest BCUT2D eigenvalue weighted by Crippen LogP contribution is -2.52. The average molecular weight is 290 g/mol. The highest BCUT2D eigenvalue weighted by molar-refractivity contribution is 7.99. The van der Waals surface area contributed by atoms with Crippen LogP contribution >= 0.6 is 11.8 Å². The van der Waals surface area contributed by atoms with Crippen LogP contribution in [0.1, 0.15) is 13.8 Å². The number of nitrogens with zero attached hydrogens (tertiary/aromatic N) is 2. The topological polar surface area (TPSA) is 53.0 Å². The second-order valence-corrected chi connectivity index (χ2v) is 6.00. The fraction of sp³-hybridized carbons (Fsp3) is 0.923. The van der Waals surface area contributed by atoms with Crippen molar-refractivity contribution in [3.05, 3.63) is 0 Å². The van der Waals surface area contributed by atoms with E-state index >= 15 is 0 Å². The molecule has 1 aliphatic heterocycles. The third kappa shape index (κ3) is 5.69. The van der Waals surface area contributed by atoms with Crippen molar-refractivity contribution >= 4 is 17.7 Å². The van der Waals surface area contributed by atoms with Crippen LogP contribution in [0, 0.1) is 0 Å². The highest BCUT2D eigenvalue weighted by atomic mass is 32.2. The number of hydrogen-bond donors (Lipinski definition) is 1. The first kappa shape index (κ1) is 16.8. The van der Waals surface area contributed by atoms with Gasteiger partial charge in [0.25, 0.3) is 0 Å². The molecule has 1 fully saturated rings. The number of aliphatic hydroxyl groups is 1. The molecular formula is C13H26N2O3S. The second kappa shape index (κ2) is 8.79. The smallest absolute Gasteiger partial charge is 0.235 e. The van der Waals surface area contributed by atoms with Crippen LogP contribution in [0.3, 0.4) is 0 Å². The highest BCUT2D eigenvalue weighted by Gasteiger charge is 2.25. The Morgan fingerprint density at radius 1 is 1.37 bits per heavy atom. The van der Waals surface area contributed by atoms with Crippen molar-refractivity contribution in [2.45, 2.75) is 25.2 Å². The molecule has 1 saturated heterocycles. The minimum atomic E-state index is -0.438. The van der Waals surface area contributed by atoms with Crippen molar-refractivity contribution in [1.82, 2.24) is 9.80 Å². The molecule has 2 atom stereocenters. The Hall–Kier alpha value is -0.300. The molecule has 0 radical (unpaired) electrons. The van der Waals surface area contributed by atoms with E-state index in [4.69, 9.17) is 4.74 Å². The number of aliphatic hydroxyl groups excluding tert-OH is 1. The van der Waals surface area contributed by atoms with Gasteiger partial charge in [-0.1, -0.05) is 0 Å². The molecule has 0 aromatic carbocycles. The molecule has 0 bridgehead atoms. The lowest BCUT2D eigenvalue weighted by molar-refractivity contribution is -0.132. The van der Waals surface area contributed by atoms with Gasteiger partial charge in [-0.2, -0.15) is 11.8 Å². The Labute approximate surface area is 120 Å². The van der Waals surface area contributed by atoms with E-state index < -0.39 is 6.10 Å². The molecular weight excluding hydrogens is 264 g/mol. The summed E-state index contributed by atoms with van der Waals surface area (Å²) in [5.74, 6) is 0.224. The van der Waals surface area contributed by atoms with Crippen LogP contribution in [-0.4, -0.2) is 84.4 Å². The number of β-amino-alcohol motifs (C(OH)–C–C–N with tert-alkyl or cyclic N) is 1. The summed E-state index contributed by atoms with van der Waals surface area (Å²) < 4.78 is 5.20. The molecule has 0 aromatic heterocycles. The van der Waals surface area contributed by atoms with Crippen molar-refractivity contribution in [3.8, 4) is 0 Å².